The molecule has 2 saturated heterocycles. The third kappa shape index (κ3) is 3.47. The summed E-state index contributed by atoms with van der Waals surface area (Å²) in [5, 5.41) is 1.21. The number of urea groups is 1. The van der Waals surface area contributed by atoms with Crippen molar-refractivity contribution in [1.29, 1.82) is 0 Å². The molecule has 1 aromatic carbocycles. The van der Waals surface area contributed by atoms with Gasteiger partial charge in [0, 0.05) is 48.6 Å². The molecule has 1 spiro atoms. The Morgan fingerprint density at radius 3 is 2.52 bits per heavy atom. The number of hydrogen-bond donors (Lipinski definition) is 0. The molecule has 7 heteroatoms. The Bertz CT molecular complexity index is 654. The SMILES string of the molecule is O=C1N(Cc2ccc(Cl)cc2Cl)CCN1C1CCC2(CC1)OCCO2. The quantitative estimate of drug-likeness (QED) is 0.792. The lowest BCUT2D eigenvalue weighted by atomic mass is 9.89. The van der Waals surface area contributed by atoms with Gasteiger partial charge in [-0.2, -0.15) is 0 Å². The van der Waals surface area contributed by atoms with Gasteiger partial charge in [0.15, 0.2) is 5.79 Å². The lowest BCUT2D eigenvalue weighted by Crippen LogP contribution is -2.45. The van der Waals surface area contributed by atoms with Gasteiger partial charge < -0.3 is 19.3 Å². The zero-order chi connectivity index (χ0) is 17.4. The zero-order valence-electron chi connectivity index (χ0n) is 14.0. The van der Waals surface area contributed by atoms with Crippen LogP contribution in [0.1, 0.15) is 31.2 Å². The second-order valence-electron chi connectivity index (χ2n) is 6.97. The predicted molar refractivity (Wildman–Crippen MR) is 95.9 cm³/mol. The van der Waals surface area contributed by atoms with E-state index in [9.17, 15) is 4.79 Å². The molecule has 0 N–H and O–H groups in total. The molecule has 0 atom stereocenters. The first-order valence-corrected chi connectivity index (χ1v) is 9.59. The molecular formula is C18H22Cl2N2O3. The van der Waals surface area contributed by atoms with Crippen LogP contribution in [0.25, 0.3) is 0 Å². The summed E-state index contributed by atoms with van der Waals surface area (Å²) in [7, 11) is 0. The minimum atomic E-state index is -0.379. The Morgan fingerprint density at radius 1 is 1.12 bits per heavy atom. The molecule has 4 rings (SSSR count). The molecule has 25 heavy (non-hydrogen) atoms. The third-order valence-corrected chi connectivity index (χ3v) is 6.06. The van der Waals surface area contributed by atoms with E-state index in [1.165, 1.54) is 0 Å². The summed E-state index contributed by atoms with van der Waals surface area (Å²) >= 11 is 12.2. The topological polar surface area (TPSA) is 42.0 Å². The molecule has 1 saturated carbocycles. The molecule has 1 aromatic rings. The highest BCUT2D eigenvalue weighted by Gasteiger charge is 2.44. The van der Waals surface area contributed by atoms with Crippen molar-refractivity contribution in [2.24, 2.45) is 0 Å². The summed E-state index contributed by atoms with van der Waals surface area (Å²) in [6, 6.07) is 5.79. The Balaban J connectivity index is 1.37. The Morgan fingerprint density at radius 2 is 1.84 bits per heavy atom. The molecule has 0 radical (unpaired) electrons. The van der Waals surface area contributed by atoms with Gasteiger partial charge in [-0.25, -0.2) is 4.79 Å². The maximum absolute atomic E-state index is 12.8. The van der Waals surface area contributed by atoms with E-state index in [1.54, 1.807) is 6.07 Å². The maximum atomic E-state index is 12.8. The second kappa shape index (κ2) is 6.95. The second-order valence-corrected chi connectivity index (χ2v) is 7.82. The van der Waals surface area contributed by atoms with E-state index < -0.39 is 0 Å². The number of hydrogen-bond acceptors (Lipinski definition) is 3. The van der Waals surface area contributed by atoms with Crippen molar-refractivity contribution in [3.05, 3.63) is 33.8 Å². The smallest absolute Gasteiger partial charge is 0.320 e. The van der Waals surface area contributed by atoms with E-state index in [1.807, 2.05) is 21.9 Å². The largest absolute Gasteiger partial charge is 0.348 e. The summed E-state index contributed by atoms with van der Waals surface area (Å²) in [6.07, 6.45) is 3.59. The van der Waals surface area contributed by atoms with Gasteiger partial charge in [0.2, 0.25) is 0 Å². The lowest BCUT2D eigenvalue weighted by molar-refractivity contribution is -0.182. The summed E-state index contributed by atoms with van der Waals surface area (Å²) in [4.78, 5) is 16.7. The minimum Gasteiger partial charge on any atom is -0.348 e. The van der Waals surface area contributed by atoms with Crippen LogP contribution in [0.4, 0.5) is 4.79 Å². The molecule has 5 nitrogen and oxygen atoms in total. The van der Waals surface area contributed by atoms with Crippen LogP contribution in [0, 0.1) is 0 Å². The van der Waals surface area contributed by atoms with Gasteiger partial charge >= 0.3 is 6.03 Å². The summed E-state index contributed by atoms with van der Waals surface area (Å²) in [5.41, 5.74) is 0.927. The van der Waals surface area contributed by atoms with Crippen molar-refractivity contribution in [2.45, 2.75) is 44.1 Å². The molecular weight excluding hydrogens is 363 g/mol. The first kappa shape index (κ1) is 17.4. The fraction of sp³-hybridized carbons (Fsp3) is 0.611. The van der Waals surface area contributed by atoms with Gasteiger partial charge in [-0.05, 0) is 30.5 Å². The van der Waals surface area contributed by atoms with E-state index in [0.29, 0.717) is 29.8 Å². The highest BCUT2D eigenvalue weighted by molar-refractivity contribution is 6.35. The Labute approximate surface area is 157 Å². The number of carbonyl (C=O) groups is 1. The maximum Gasteiger partial charge on any atom is 0.320 e. The molecule has 0 aromatic heterocycles. The van der Waals surface area contributed by atoms with E-state index in [2.05, 4.69) is 0 Å². The molecule has 2 amide bonds. The predicted octanol–water partition coefficient (Wildman–Crippen LogP) is 3.92. The summed E-state index contributed by atoms with van der Waals surface area (Å²) in [6.45, 7) is 3.38. The van der Waals surface area contributed by atoms with E-state index in [4.69, 9.17) is 32.7 Å². The van der Waals surface area contributed by atoms with Crippen molar-refractivity contribution in [3.8, 4) is 0 Å². The van der Waals surface area contributed by atoms with Gasteiger partial charge in [0.1, 0.15) is 0 Å². The van der Waals surface area contributed by atoms with Crippen LogP contribution in [0.5, 0.6) is 0 Å². The molecule has 2 aliphatic heterocycles. The zero-order valence-corrected chi connectivity index (χ0v) is 15.6. The van der Waals surface area contributed by atoms with Crippen molar-refractivity contribution in [1.82, 2.24) is 9.80 Å². The van der Waals surface area contributed by atoms with Crippen LogP contribution in [0.15, 0.2) is 18.2 Å². The van der Waals surface area contributed by atoms with Gasteiger partial charge in [0.05, 0.1) is 13.2 Å². The Kier molecular flexibility index (Phi) is 4.84. The van der Waals surface area contributed by atoms with Gasteiger partial charge in [-0.1, -0.05) is 29.3 Å². The summed E-state index contributed by atoms with van der Waals surface area (Å²) in [5.74, 6) is -0.379. The van der Waals surface area contributed by atoms with E-state index in [0.717, 1.165) is 44.3 Å². The summed E-state index contributed by atoms with van der Waals surface area (Å²) < 4.78 is 11.6. The van der Waals surface area contributed by atoms with Crippen LogP contribution in [-0.4, -0.2) is 54.0 Å². The van der Waals surface area contributed by atoms with E-state index in [-0.39, 0.29) is 17.9 Å². The van der Waals surface area contributed by atoms with E-state index >= 15 is 0 Å². The van der Waals surface area contributed by atoms with Crippen molar-refractivity contribution >= 4 is 29.2 Å². The van der Waals surface area contributed by atoms with Crippen LogP contribution in [0.2, 0.25) is 10.0 Å². The van der Waals surface area contributed by atoms with Crippen molar-refractivity contribution in [3.63, 3.8) is 0 Å². The molecule has 3 aliphatic rings. The number of amides is 2. The molecule has 136 valence electrons. The Hall–Kier alpha value is -1.01. The molecule has 0 bridgehead atoms. The fourth-order valence-electron chi connectivity index (χ4n) is 4.08. The van der Waals surface area contributed by atoms with Crippen molar-refractivity contribution in [2.75, 3.05) is 26.3 Å². The molecule has 2 heterocycles. The number of halogens is 2. The minimum absolute atomic E-state index is 0.0974. The van der Waals surface area contributed by atoms with Crippen LogP contribution in [0.3, 0.4) is 0 Å². The van der Waals surface area contributed by atoms with Gasteiger partial charge in [-0.3, -0.25) is 0 Å². The van der Waals surface area contributed by atoms with Crippen LogP contribution >= 0.6 is 23.2 Å². The average Bonchev–Trinajstić information content (AvgIpc) is 3.19. The number of ether oxygens (including phenoxy) is 2. The number of benzene rings is 1. The average molecular weight is 385 g/mol. The number of nitrogens with zero attached hydrogens (tertiary/aromatic N) is 2. The molecule has 0 unspecified atom stereocenters. The van der Waals surface area contributed by atoms with Crippen molar-refractivity contribution < 1.29 is 14.3 Å². The standard InChI is InChI=1S/C18H22Cl2N2O3/c19-14-2-1-13(16(20)11-14)12-21-7-8-22(17(21)23)15-3-5-18(6-4-15)24-9-10-25-18/h1-2,11,15H,3-10,12H2. The monoisotopic (exact) mass is 384 g/mol. The normalized spacial score (nSPS) is 23.8. The molecule has 1 aliphatic carbocycles. The van der Waals surface area contributed by atoms with Gasteiger partial charge in [-0.15, -0.1) is 0 Å². The number of carbonyl (C=O) groups excluding carboxylic acids is 1. The lowest BCUT2D eigenvalue weighted by Gasteiger charge is -2.38. The molecule has 3 fully saturated rings. The first-order valence-electron chi connectivity index (χ1n) is 8.84. The van der Waals surface area contributed by atoms with Crippen LogP contribution < -0.4 is 0 Å². The number of rotatable bonds is 3. The third-order valence-electron chi connectivity index (χ3n) is 5.47. The highest BCUT2D eigenvalue weighted by Crippen LogP contribution is 2.38. The van der Waals surface area contributed by atoms with Crippen LogP contribution in [-0.2, 0) is 16.0 Å². The first-order chi connectivity index (χ1) is 12.1. The van der Waals surface area contributed by atoms with Gasteiger partial charge in [0.25, 0.3) is 0 Å². The highest BCUT2D eigenvalue weighted by atomic mass is 35.5. The fourth-order valence-corrected chi connectivity index (χ4v) is 4.55.